The van der Waals surface area contributed by atoms with Crippen LogP contribution in [0.3, 0.4) is 0 Å². The first kappa shape index (κ1) is 15.1. The summed E-state index contributed by atoms with van der Waals surface area (Å²) >= 11 is 6.37. The first-order valence-electron chi connectivity index (χ1n) is 9.04. The number of hydrogen-bond acceptors (Lipinski definition) is 7. The Balaban J connectivity index is 1.31. The molecule has 1 saturated carbocycles. The molecule has 2 bridgehead atoms. The van der Waals surface area contributed by atoms with E-state index in [-0.39, 0.29) is 0 Å². The van der Waals surface area contributed by atoms with Crippen molar-refractivity contribution in [3.63, 3.8) is 0 Å². The van der Waals surface area contributed by atoms with Gasteiger partial charge in [-0.15, -0.1) is 0 Å². The molecule has 4 heterocycles. The Bertz CT molecular complexity index is 626. The highest BCUT2D eigenvalue weighted by Crippen LogP contribution is 2.32. The van der Waals surface area contributed by atoms with Crippen molar-refractivity contribution in [1.82, 2.24) is 26.1 Å². The van der Waals surface area contributed by atoms with Crippen LogP contribution in [0, 0.1) is 5.92 Å². The van der Waals surface area contributed by atoms with Crippen molar-refractivity contribution in [2.45, 2.75) is 49.9 Å². The van der Waals surface area contributed by atoms with Crippen LogP contribution in [0.2, 0.25) is 5.02 Å². The zero-order valence-electron chi connectivity index (χ0n) is 13.6. The smallest absolute Gasteiger partial charge is 0.227 e. The number of hydrazine groups is 1. The van der Waals surface area contributed by atoms with Gasteiger partial charge in [-0.25, -0.2) is 4.98 Å². The molecule has 5 rings (SSSR count). The van der Waals surface area contributed by atoms with E-state index in [1.54, 1.807) is 6.20 Å². The van der Waals surface area contributed by atoms with Crippen molar-refractivity contribution < 1.29 is 0 Å². The van der Waals surface area contributed by atoms with E-state index in [4.69, 9.17) is 16.6 Å². The minimum absolute atomic E-state index is 0.435. The molecule has 7 nitrogen and oxygen atoms in total. The molecule has 1 aromatic rings. The summed E-state index contributed by atoms with van der Waals surface area (Å²) in [4.78, 5) is 11.6. The largest absolute Gasteiger partial charge is 0.366 e. The molecule has 3 aliphatic heterocycles. The molecule has 4 N–H and O–H groups in total. The van der Waals surface area contributed by atoms with Gasteiger partial charge in [-0.1, -0.05) is 11.6 Å². The van der Waals surface area contributed by atoms with Crippen molar-refractivity contribution in [2.75, 3.05) is 29.9 Å². The third kappa shape index (κ3) is 2.63. The monoisotopic (exact) mass is 349 g/mol. The van der Waals surface area contributed by atoms with Crippen molar-refractivity contribution in [3.05, 3.63) is 11.2 Å². The number of nitrogens with zero attached hydrogens (tertiary/aromatic N) is 3. The highest BCUT2D eigenvalue weighted by Gasteiger charge is 2.39. The predicted molar refractivity (Wildman–Crippen MR) is 94.3 cm³/mol. The summed E-state index contributed by atoms with van der Waals surface area (Å²) in [5.74, 6) is 2.30. The van der Waals surface area contributed by atoms with Crippen LogP contribution in [-0.4, -0.2) is 53.8 Å². The number of halogens is 1. The van der Waals surface area contributed by atoms with Gasteiger partial charge in [0.2, 0.25) is 5.95 Å². The Kier molecular flexibility index (Phi) is 3.77. The molecule has 0 aromatic carbocycles. The maximum absolute atomic E-state index is 6.37. The quantitative estimate of drug-likeness (QED) is 0.641. The standard InChI is InChI=1S/C16H24ClN7/c17-13-7-19-16(24-8-11-4-12(24)6-18-11)22-15(13)21-10-1-2-14-9(3-10)5-20-23-14/h7,9-12,14,18,20,23H,1-6,8H2,(H,19,21,22). The number of hydrogen-bond donors (Lipinski definition) is 4. The van der Waals surface area contributed by atoms with Gasteiger partial charge in [-0.2, -0.15) is 4.98 Å². The van der Waals surface area contributed by atoms with Gasteiger partial charge in [0.25, 0.3) is 0 Å². The van der Waals surface area contributed by atoms with Crippen molar-refractivity contribution in [3.8, 4) is 0 Å². The van der Waals surface area contributed by atoms with Crippen LogP contribution in [0.15, 0.2) is 6.20 Å². The minimum Gasteiger partial charge on any atom is -0.366 e. The molecule has 5 atom stereocenters. The average molecular weight is 350 g/mol. The van der Waals surface area contributed by atoms with Gasteiger partial charge in [0, 0.05) is 43.8 Å². The van der Waals surface area contributed by atoms with E-state index in [2.05, 4.69) is 31.4 Å². The Hall–Kier alpha value is -1.15. The summed E-state index contributed by atoms with van der Waals surface area (Å²) < 4.78 is 0. The second-order valence-corrected chi connectivity index (χ2v) is 7.97. The molecule has 130 valence electrons. The Morgan fingerprint density at radius 2 is 2.21 bits per heavy atom. The molecule has 0 radical (unpaired) electrons. The molecule has 1 aliphatic carbocycles. The molecule has 3 saturated heterocycles. The summed E-state index contributed by atoms with van der Waals surface area (Å²) in [5.41, 5.74) is 6.65. The molecular weight excluding hydrogens is 326 g/mol. The third-order valence-electron chi connectivity index (χ3n) is 6.02. The van der Waals surface area contributed by atoms with Gasteiger partial charge < -0.3 is 15.5 Å². The molecule has 4 aliphatic rings. The SMILES string of the molecule is Clc1cnc(N2CC3CC2CN3)nc1NC1CCC2NNCC2C1. The molecule has 0 spiro atoms. The third-order valence-corrected chi connectivity index (χ3v) is 6.30. The van der Waals surface area contributed by atoms with Crippen LogP contribution >= 0.6 is 11.6 Å². The lowest BCUT2D eigenvalue weighted by molar-refractivity contribution is 0.314. The number of fused-ring (bicyclic) bond motifs is 3. The van der Waals surface area contributed by atoms with Crippen molar-refractivity contribution in [2.24, 2.45) is 5.92 Å². The second kappa shape index (κ2) is 5.98. The lowest BCUT2D eigenvalue weighted by Gasteiger charge is -2.32. The fourth-order valence-electron chi connectivity index (χ4n) is 4.73. The van der Waals surface area contributed by atoms with E-state index in [0.29, 0.717) is 35.1 Å². The average Bonchev–Trinajstić information content (AvgIpc) is 3.32. The fourth-order valence-corrected chi connectivity index (χ4v) is 4.87. The highest BCUT2D eigenvalue weighted by molar-refractivity contribution is 6.32. The zero-order valence-corrected chi connectivity index (χ0v) is 14.4. The number of aromatic nitrogens is 2. The van der Waals surface area contributed by atoms with Gasteiger partial charge >= 0.3 is 0 Å². The summed E-state index contributed by atoms with van der Waals surface area (Å²) in [6.45, 7) is 3.08. The maximum Gasteiger partial charge on any atom is 0.227 e. The Morgan fingerprint density at radius 1 is 1.25 bits per heavy atom. The molecule has 4 fully saturated rings. The van der Waals surface area contributed by atoms with E-state index in [0.717, 1.165) is 44.2 Å². The molecule has 5 unspecified atom stereocenters. The fraction of sp³-hybridized carbons (Fsp3) is 0.750. The van der Waals surface area contributed by atoms with Crippen molar-refractivity contribution >= 4 is 23.4 Å². The maximum atomic E-state index is 6.37. The molecule has 0 amide bonds. The first-order valence-corrected chi connectivity index (χ1v) is 9.41. The number of nitrogens with one attached hydrogen (secondary N) is 4. The molecular formula is C16H24ClN7. The van der Waals surface area contributed by atoms with Crippen LogP contribution in [-0.2, 0) is 0 Å². The van der Waals surface area contributed by atoms with Gasteiger partial charge in [0.1, 0.15) is 5.02 Å². The van der Waals surface area contributed by atoms with E-state index < -0.39 is 0 Å². The van der Waals surface area contributed by atoms with Crippen LogP contribution in [0.1, 0.15) is 25.7 Å². The van der Waals surface area contributed by atoms with E-state index in [1.165, 1.54) is 12.8 Å². The predicted octanol–water partition coefficient (Wildman–Crippen LogP) is 0.738. The van der Waals surface area contributed by atoms with Crippen LogP contribution in [0.5, 0.6) is 0 Å². The summed E-state index contributed by atoms with van der Waals surface area (Å²) in [6, 6.07) is 2.16. The van der Waals surface area contributed by atoms with E-state index >= 15 is 0 Å². The molecule has 24 heavy (non-hydrogen) atoms. The molecule has 8 heteroatoms. The van der Waals surface area contributed by atoms with Gasteiger partial charge in [-0.05, 0) is 31.6 Å². The van der Waals surface area contributed by atoms with Crippen LogP contribution in [0.4, 0.5) is 11.8 Å². The lowest BCUT2D eigenvalue weighted by atomic mass is 9.83. The van der Waals surface area contributed by atoms with E-state index in [9.17, 15) is 0 Å². The Morgan fingerprint density at radius 3 is 3.04 bits per heavy atom. The van der Waals surface area contributed by atoms with Gasteiger partial charge in [0.15, 0.2) is 5.82 Å². The summed E-state index contributed by atoms with van der Waals surface area (Å²) in [6.07, 6.45) is 6.42. The molecule has 1 aromatic heterocycles. The Labute approximate surface area is 146 Å². The van der Waals surface area contributed by atoms with E-state index in [1.807, 2.05) is 0 Å². The number of anilines is 2. The topological polar surface area (TPSA) is 77.1 Å². The van der Waals surface area contributed by atoms with Crippen LogP contribution in [0.25, 0.3) is 0 Å². The number of rotatable bonds is 3. The minimum atomic E-state index is 0.435. The highest BCUT2D eigenvalue weighted by atomic mass is 35.5. The van der Waals surface area contributed by atoms with Crippen molar-refractivity contribution in [1.29, 1.82) is 0 Å². The zero-order chi connectivity index (χ0) is 16.1. The lowest BCUT2D eigenvalue weighted by Crippen LogP contribution is -2.44. The summed E-state index contributed by atoms with van der Waals surface area (Å²) in [7, 11) is 0. The van der Waals surface area contributed by atoms with Gasteiger partial charge in [0.05, 0.1) is 6.20 Å². The number of piperazine rings is 1. The van der Waals surface area contributed by atoms with Crippen LogP contribution < -0.4 is 26.4 Å². The first-order chi connectivity index (χ1) is 11.8. The summed E-state index contributed by atoms with van der Waals surface area (Å²) in [5, 5.41) is 7.72. The normalized spacial score (nSPS) is 37.7. The van der Waals surface area contributed by atoms with Gasteiger partial charge in [-0.3, -0.25) is 10.9 Å². The second-order valence-electron chi connectivity index (χ2n) is 7.56.